The van der Waals surface area contributed by atoms with E-state index in [4.69, 9.17) is 5.11 Å². The zero-order valence-corrected chi connectivity index (χ0v) is 10.8. The predicted molar refractivity (Wildman–Crippen MR) is 64.9 cm³/mol. The van der Waals surface area contributed by atoms with Gasteiger partial charge in [0, 0.05) is 17.7 Å². The van der Waals surface area contributed by atoms with Gasteiger partial charge in [-0.25, -0.2) is 9.59 Å². The number of imide groups is 1. The predicted octanol–water partition coefficient (Wildman–Crippen LogP) is 1.03. The second kappa shape index (κ2) is 5.20. The molecule has 0 bridgehead atoms. The van der Waals surface area contributed by atoms with Crippen LogP contribution in [-0.2, 0) is 9.59 Å². The first kappa shape index (κ1) is 14.2. The van der Waals surface area contributed by atoms with Crippen LogP contribution in [0.3, 0.4) is 0 Å². The molecule has 0 aromatic rings. The Balaban J connectivity index is 2.46. The highest BCUT2D eigenvalue weighted by Gasteiger charge is 2.37. The van der Waals surface area contributed by atoms with Gasteiger partial charge in [0.2, 0.25) is 0 Å². The van der Waals surface area contributed by atoms with Crippen molar-refractivity contribution in [2.45, 2.75) is 33.6 Å². The molecule has 0 heterocycles. The number of rotatable bonds is 4. The molecular weight excluding hydrogens is 236 g/mol. The largest absolute Gasteiger partial charge is 0.478 e. The van der Waals surface area contributed by atoms with Crippen LogP contribution in [0.1, 0.15) is 33.6 Å². The van der Waals surface area contributed by atoms with Crippen molar-refractivity contribution in [3.8, 4) is 0 Å². The van der Waals surface area contributed by atoms with Crippen molar-refractivity contribution in [2.24, 2.45) is 5.41 Å². The van der Waals surface area contributed by atoms with Crippen molar-refractivity contribution in [3.05, 3.63) is 11.1 Å². The van der Waals surface area contributed by atoms with Gasteiger partial charge in [-0.1, -0.05) is 6.92 Å². The number of carbonyl (C=O) groups is 3. The lowest BCUT2D eigenvalue weighted by atomic mass is 10.1. The van der Waals surface area contributed by atoms with Gasteiger partial charge in [-0.15, -0.1) is 0 Å². The molecule has 0 atom stereocenters. The van der Waals surface area contributed by atoms with Gasteiger partial charge < -0.3 is 10.4 Å². The first-order valence-electron chi connectivity index (χ1n) is 5.75. The van der Waals surface area contributed by atoms with Crippen molar-refractivity contribution in [1.29, 1.82) is 0 Å². The molecule has 18 heavy (non-hydrogen) atoms. The summed E-state index contributed by atoms with van der Waals surface area (Å²) in [4.78, 5) is 33.6. The Morgan fingerprint density at radius 2 is 1.72 bits per heavy atom. The summed E-state index contributed by atoms with van der Waals surface area (Å²) in [5, 5.41) is 13.4. The van der Waals surface area contributed by atoms with Crippen LogP contribution in [0.2, 0.25) is 0 Å². The quantitative estimate of drug-likeness (QED) is 0.653. The van der Waals surface area contributed by atoms with Crippen molar-refractivity contribution < 1.29 is 19.5 Å². The van der Waals surface area contributed by atoms with E-state index in [1.807, 2.05) is 0 Å². The number of hydrogen-bond acceptors (Lipinski definition) is 3. The minimum Gasteiger partial charge on any atom is -0.478 e. The average Bonchev–Trinajstić information content (AvgIpc) is 3.03. The van der Waals surface area contributed by atoms with Crippen LogP contribution >= 0.6 is 0 Å². The molecule has 1 fully saturated rings. The molecule has 0 spiro atoms. The van der Waals surface area contributed by atoms with Crippen molar-refractivity contribution in [3.63, 3.8) is 0 Å². The summed E-state index contributed by atoms with van der Waals surface area (Å²) in [6.07, 6.45) is 2.14. The molecule has 6 heteroatoms. The molecule has 1 rings (SSSR count). The maximum absolute atomic E-state index is 11.5. The highest BCUT2D eigenvalue weighted by molar-refractivity contribution is 6.07. The number of urea groups is 1. The second-order valence-corrected chi connectivity index (χ2v) is 5.00. The average molecular weight is 254 g/mol. The van der Waals surface area contributed by atoms with Gasteiger partial charge in [0.05, 0.1) is 0 Å². The van der Waals surface area contributed by atoms with Crippen molar-refractivity contribution in [2.75, 3.05) is 6.54 Å². The Bertz CT molecular complexity index is 422. The highest BCUT2D eigenvalue weighted by Crippen LogP contribution is 2.43. The Kier molecular flexibility index (Phi) is 4.11. The summed E-state index contributed by atoms with van der Waals surface area (Å²) in [6.45, 7) is 5.26. The lowest BCUT2D eigenvalue weighted by Gasteiger charge is -2.11. The van der Waals surface area contributed by atoms with E-state index < -0.39 is 17.9 Å². The zero-order chi connectivity index (χ0) is 13.9. The number of carbonyl (C=O) groups excluding carboxylic acids is 2. The lowest BCUT2D eigenvalue weighted by molar-refractivity contribution is -0.133. The topological polar surface area (TPSA) is 95.5 Å². The van der Waals surface area contributed by atoms with Gasteiger partial charge in [0.15, 0.2) is 0 Å². The number of nitrogens with one attached hydrogen (secondary N) is 2. The molecule has 100 valence electrons. The maximum atomic E-state index is 11.5. The van der Waals surface area contributed by atoms with E-state index in [2.05, 4.69) is 17.6 Å². The molecule has 0 saturated heterocycles. The minimum absolute atomic E-state index is 0.0234. The Hall–Kier alpha value is -1.85. The summed E-state index contributed by atoms with van der Waals surface area (Å²) in [5.74, 6) is -1.86. The van der Waals surface area contributed by atoms with Crippen molar-refractivity contribution >= 4 is 17.9 Å². The van der Waals surface area contributed by atoms with Crippen LogP contribution in [0.4, 0.5) is 4.79 Å². The molecule has 1 aliphatic rings. The molecule has 0 aromatic heterocycles. The van der Waals surface area contributed by atoms with E-state index in [1.54, 1.807) is 0 Å². The normalized spacial score (nSPS) is 17.5. The molecule has 0 aliphatic heterocycles. The molecule has 0 unspecified atom stereocenters. The van der Waals surface area contributed by atoms with Crippen LogP contribution in [0, 0.1) is 5.41 Å². The maximum Gasteiger partial charge on any atom is 0.331 e. The number of carboxylic acids is 1. The van der Waals surface area contributed by atoms with Crippen LogP contribution in [0.5, 0.6) is 0 Å². The van der Waals surface area contributed by atoms with Crippen molar-refractivity contribution in [1.82, 2.24) is 10.6 Å². The summed E-state index contributed by atoms with van der Waals surface area (Å²) in [7, 11) is 0. The number of amides is 3. The third-order valence-corrected chi connectivity index (χ3v) is 3.23. The highest BCUT2D eigenvalue weighted by atomic mass is 16.4. The number of hydrogen-bond donors (Lipinski definition) is 3. The van der Waals surface area contributed by atoms with E-state index >= 15 is 0 Å². The molecule has 0 radical (unpaired) electrons. The zero-order valence-electron chi connectivity index (χ0n) is 10.8. The van der Waals surface area contributed by atoms with Gasteiger partial charge in [0.1, 0.15) is 0 Å². The Morgan fingerprint density at radius 3 is 2.17 bits per heavy atom. The monoisotopic (exact) mass is 254 g/mol. The van der Waals surface area contributed by atoms with Gasteiger partial charge in [-0.2, -0.15) is 0 Å². The minimum atomic E-state index is -1.17. The first-order chi connectivity index (χ1) is 8.25. The summed E-state index contributed by atoms with van der Waals surface area (Å²) in [6, 6.07) is -0.592. The van der Waals surface area contributed by atoms with E-state index in [1.165, 1.54) is 13.8 Å². The Morgan fingerprint density at radius 1 is 1.17 bits per heavy atom. The molecule has 3 N–H and O–H groups in total. The van der Waals surface area contributed by atoms with E-state index in [-0.39, 0.29) is 16.6 Å². The molecule has 1 saturated carbocycles. The molecule has 1 aliphatic carbocycles. The third kappa shape index (κ3) is 3.87. The smallest absolute Gasteiger partial charge is 0.331 e. The standard InChI is InChI=1S/C12H18N2O4/c1-7(8(2)10(16)17)9(15)14-11(18)13-6-12(3)4-5-12/h4-6H2,1-3H3,(H,16,17)(H2,13,14,15,18). The first-order valence-corrected chi connectivity index (χ1v) is 5.75. The summed E-state index contributed by atoms with van der Waals surface area (Å²) < 4.78 is 0. The van der Waals surface area contributed by atoms with Gasteiger partial charge in [0.25, 0.3) is 5.91 Å². The summed E-state index contributed by atoms with van der Waals surface area (Å²) in [5.41, 5.74) is 0.104. The fourth-order valence-corrected chi connectivity index (χ4v) is 1.26. The van der Waals surface area contributed by atoms with Gasteiger partial charge in [-0.3, -0.25) is 10.1 Å². The fourth-order valence-electron chi connectivity index (χ4n) is 1.26. The van der Waals surface area contributed by atoms with Gasteiger partial charge >= 0.3 is 12.0 Å². The molecule has 6 nitrogen and oxygen atoms in total. The molecular formula is C12H18N2O4. The van der Waals surface area contributed by atoms with Crippen LogP contribution in [0.25, 0.3) is 0 Å². The Labute approximate surface area is 105 Å². The third-order valence-electron chi connectivity index (χ3n) is 3.23. The summed E-state index contributed by atoms with van der Waals surface area (Å²) >= 11 is 0. The van der Waals surface area contributed by atoms with E-state index in [9.17, 15) is 14.4 Å². The number of aliphatic carboxylic acids is 1. The van der Waals surface area contributed by atoms with Crippen LogP contribution in [0.15, 0.2) is 11.1 Å². The van der Waals surface area contributed by atoms with Gasteiger partial charge in [-0.05, 0) is 32.1 Å². The van der Waals surface area contributed by atoms with E-state index in [0.717, 1.165) is 12.8 Å². The van der Waals surface area contributed by atoms with E-state index in [0.29, 0.717) is 6.54 Å². The second-order valence-electron chi connectivity index (χ2n) is 5.00. The molecule has 0 aromatic carbocycles. The SMILES string of the molecule is CC(C(=O)O)=C(C)C(=O)NC(=O)NCC1(C)CC1. The lowest BCUT2D eigenvalue weighted by Crippen LogP contribution is -2.42. The fraction of sp³-hybridized carbons (Fsp3) is 0.583. The molecule has 3 amide bonds. The van der Waals surface area contributed by atoms with Crippen LogP contribution in [-0.4, -0.2) is 29.6 Å². The van der Waals surface area contributed by atoms with Crippen LogP contribution < -0.4 is 10.6 Å². The number of carboxylic acid groups (broad SMARTS) is 1.